The maximum Gasteiger partial charge on any atom is 0.0661 e. The number of rotatable bonds is 4. The van der Waals surface area contributed by atoms with E-state index in [1.165, 1.54) is 5.52 Å². The second-order valence-electron chi connectivity index (χ2n) is 5.03. The predicted octanol–water partition coefficient (Wildman–Crippen LogP) is 3.06. The van der Waals surface area contributed by atoms with Gasteiger partial charge in [0, 0.05) is 49.4 Å². The van der Waals surface area contributed by atoms with E-state index in [0.717, 1.165) is 49.6 Å². The van der Waals surface area contributed by atoms with Gasteiger partial charge in [-0.3, -0.25) is 0 Å². The number of benzene rings is 1. The van der Waals surface area contributed by atoms with Gasteiger partial charge >= 0.3 is 0 Å². The number of hydrogen-bond acceptors (Lipinski definition) is 2. The number of aromatic nitrogens is 1. The van der Waals surface area contributed by atoms with Gasteiger partial charge in [-0.05, 0) is 18.9 Å². The Morgan fingerprint density at radius 3 is 2.89 bits per heavy atom. The van der Waals surface area contributed by atoms with Crippen LogP contribution in [0.4, 0.5) is 0 Å². The number of hydrogen-bond donors (Lipinski definition) is 1. The Balaban J connectivity index is 1.62. The Kier molecular flexibility index (Phi) is 4.06. The molecule has 4 heteroatoms. The number of para-hydroxylation sites is 1. The van der Waals surface area contributed by atoms with E-state index in [9.17, 15) is 0 Å². The molecule has 3 rings (SSSR count). The van der Waals surface area contributed by atoms with Crippen molar-refractivity contribution < 1.29 is 4.74 Å². The first-order valence-corrected chi connectivity index (χ1v) is 7.27. The summed E-state index contributed by atoms with van der Waals surface area (Å²) in [5.74, 6) is 0. The first kappa shape index (κ1) is 13.0. The smallest absolute Gasteiger partial charge is 0.0661 e. The minimum atomic E-state index is 0.603. The largest absolute Gasteiger partial charge is 0.381 e. The lowest BCUT2D eigenvalue weighted by Crippen LogP contribution is -2.36. The summed E-state index contributed by atoms with van der Waals surface area (Å²) in [5, 5.41) is 5.57. The molecule has 1 aromatic heterocycles. The van der Waals surface area contributed by atoms with Crippen molar-refractivity contribution in [2.24, 2.45) is 0 Å². The van der Waals surface area contributed by atoms with Crippen molar-refractivity contribution in [3.63, 3.8) is 0 Å². The van der Waals surface area contributed by atoms with Gasteiger partial charge in [-0.15, -0.1) is 0 Å². The first-order chi connectivity index (χ1) is 9.34. The molecule has 3 nitrogen and oxygen atoms in total. The minimum Gasteiger partial charge on any atom is -0.381 e. The lowest BCUT2D eigenvalue weighted by atomic mass is 10.1. The van der Waals surface area contributed by atoms with Gasteiger partial charge in [0.05, 0.1) is 5.02 Å². The number of halogens is 1. The maximum absolute atomic E-state index is 6.25. The van der Waals surface area contributed by atoms with Crippen molar-refractivity contribution in [1.29, 1.82) is 0 Å². The number of nitrogens with one attached hydrogen (secondary N) is 1. The first-order valence-electron chi connectivity index (χ1n) is 6.89. The van der Waals surface area contributed by atoms with Gasteiger partial charge in [0.1, 0.15) is 0 Å². The summed E-state index contributed by atoms with van der Waals surface area (Å²) in [6.07, 6.45) is 4.26. The van der Waals surface area contributed by atoms with E-state index < -0.39 is 0 Å². The van der Waals surface area contributed by atoms with Crippen molar-refractivity contribution in [2.75, 3.05) is 19.8 Å². The van der Waals surface area contributed by atoms with Crippen LogP contribution < -0.4 is 5.32 Å². The number of ether oxygens (including phenoxy) is 1. The maximum atomic E-state index is 6.25. The van der Waals surface area contributed by atoms with Gasteiger partial charge in [0.15, 0.2) is 0 Å². The third-order valence-electron chi connectivity index (χ3n) is 3.75. The van der Waals surface area contributed by atoms with Crippen molar-refractivity contribution in [1.82, 2.24) is 9.88 Å². The fraction of sp³-hybridized carbons (Fsp3) is 0.467. The Morgan fingerprint density at radius 1 is 1.26 bits per heavy atom. The van der Waals surface area contributed by atoms with E-state index in [1.54, 1.807) is 0 Å². The topological polar surface area (TPSA) is 26.2 Å². The van der Waals surface area contributed by atoms with Crippen LogP contribution in [0.2, 0.25) is 5.02 Å². The van der Waals surface area contributed by atoms with E-state index in [0.29, 0.717) is 6.04 Å². The van der Waals surface area contributed by atoms with Crippen molar-refractivity contribution in [3.8, 4) is 0 Å². The summed E-state index contributed by atoms with van der Waals surface area (Å²) in [6, 6.07) is 8.88. The fourth-order valence-electron chi connectivity index (χ4n) is 2.68. The number of fused-ring (bicyclic) bond motifs is 1. The molecule has 0 amide bonds. The molecule has 1 N–H and O–H groups in total. The van der Waals surface area contributed by atoms with E-state index in [-0.39, 0.29) is 0 Å². The van der Waals surface area contributed by atoms with Crippen LogP contribution >= 0.6 is 11.6 Å². The Labute approximate surface area is 118 Å². The molecule has 0 radical (unpaired) electrons. The van der Waals surface area contributed by atoms with Crippen LogP contribution in [-0.2, 0) is 11.3 Å². The quantitative estimate of drug-likeness (QED) is 0.930. The monoisotopic (exact) mass is 278 g/mol. The highest BCUT2D eigenvalue weighted by Crippen LogP contribution is 2.25. The van der Waals surface area contributed by atoms with Crippen LogP contribution in [-0.4, -0.2) is 30.4 Å². The molecule has 19 heavy (non-hydrogen) atoms. The molecule has 2 aromatic rings. The zero-order chi connectivity index (χ0) is 13.1. The third-order valence-corrected chi connectivity index (χ3v) is 4.05. The van der Waals surface area contributed by atoms with Crippen LogP contribution in [0.3, 0.4) is 0 Å². The van der Waals surface area contributed by atoms with Gasteiger partial charge in [-0.25, -0.2) is 0 Å². The molecule has 1 aliphatic heterocycles. The highest BCUT2D eigenvalue weighted by Gasteiger charge is 2.12. The van der Waals surface area contributed by atoms with E-state index >= 15 is 0 Å². The molecule has 1 aliphatic rings. The summed E-state index contributed by atoms with van der Waals surface area (Å²) >= 11 is 6.25. The molecular formula is C15H19ClN2O. The second kappa shape index (κ2) is 5.95. The molecule has 0 spiro atoms. The molecule has 0 aliphatic carbocycles. The molecule has 2 heterocycles. The zero-order valence-electron chi connectivity index (χ0n) is 10.9. The summed E-state index contributed by atoms with van der Waals surface area (Å²) in [4.78, 5) is 0. The average Bonchev–Trinajstić information content (AvgIpc) is 2.78. The van der Waals surface area contributed by atoms with Crippen molar-refractivity contribution in [2.45, 2.75) is 25.4 Å². The van der Waals surface area contributed by atoms with Crippen LogP contribution in [0, 0.1) is 0 Å². The van der Waals surface area contributed by atoms with Gasteiger partial charge in [-0.1, -0.05) is 29.8 Å². The average molecular weight is 279 g/mol. The highest BCUT2D eigenvalue weighted by atomic mass is 35.5. The van der Waals surface area contributed by atoms with Gasteiger partial charge in [0.2, 0.25) is 0 Å². The molecular weight excluding hydrogens is 260 g/mol. The summed E-state index contributed by atoms with van der Waals surface area (Å²) in [5.41, 5.74) is 1.21. The lowest BCUT2D eigenvalue weighted by Gasteiger charge is -2.23. The Morgan fingerprint density at radius 2 is 2.05 bits per heavy atom. The standard InChI is InChI=1S/C15H19ClN2O/c16-14-11-18(15-4-2-1-3-13(14)15)8-7-17-12-5-9-19-10-6-12/h1-4,11-12,17H,5-10H2. The van der Waals surface area contributed by atoms with Crippen molar-refractivity contribution >= 4 is 22.5 Å². The van der Waals surface area contributed by atoms with Crippen LogP contribution in [0.5, 0.6) is 0 Å². The minimum absolute atomic E-state index is 0.603. The third kappa shape index (κ3) is 2.94. The molecule has 0 unspecified atom stereocenters. The normalized spacial score (nSPS) is 17.1. The SMILES string of the molecule is Clc1cn(CCNC2CCOCC2)c2ccccc12. The molecule has 0 bridgehead atoms. The van der Waals surface area contributed by atoms with E-state index in [1.807, 2.05) is 12.3 Å². The van der Waals surface area contributed by atoms with Gasteiger partial charge < -0.3 is 14.6 Å². The second-order valence-corrected chi connectivity index (χ2v) is 5.44. The molecule has 1 aromatic carbocycles. The molecule has 0 atom stereocenters. The van der Waals surface area contributed by atoms with E-state index in [2.05, 4.69) is 28.1 Å². The Bertz CT molecular complexity index is 546. The van der Waals surface area contributed by atoms with E-state index in [4.69, 9.17) is 16.3 Å². The fourth-order valence-corrected chi connectivity index (χ4v) is 2.96. The Hall–Kier alpha value is -1.03. The summed E-state index contributed by atoms with van der Waals surface area (Å²) in [6.45, 7) is 3.69. The molecule has 1 saturated heterocycles. The van der Waals surface area contributed by atoms with Crippen LogP contribution in [0.15, 0.2) is 30.5 Å². The molecule has 102 valence electrons. The molecule has 1 fully saturated rings. The predicted molar refractivity (Wildman–Crippen MR) is 78.8 cm³/mol. The lowest BCUT2D eigenvalue weighted by molar-refractivity contribution is 0.0779. The summed E-state index contributed by atoms with van der Waals surface area (Å²) in [7, 11) is 0. The van der Waals surface area contributed by atoms with Gasteiger partial charge in [0.25, 0.3) is 0 Å². The van der Waals surface area contributed by atoms with Crippen molar-refractivity contribution in [3.05, 3.63) is 35.5 Å². The highest BCUT2D eigenvalue weighted by molar-refractivity contribution is 6.35. The number of nitrogens with zero attached hydrogens (tertiary/aromatic N) is 1. The van der Waals surface area contributed by atoms with Crippen LogP contribution in [0.1, 0.15) is 12.8 Å². The molecule has 0 saturated carbocycles. The summed E-state index contributed by atoms with van der Waals surface area (Å²) < 4.78 is 7.59. The van der Waals surface area contributed by atoms with Crippen LogP contribution in [0.25, 0.3) is 10.9 Å². The zero-order valence-corrected chi connectivity index (χ0v) is 11.7. The van der Waals surface area contributed by atoms with Gasteiger partial charge in [-0.2, -0.15) is 0 Å².